The fraction of sp³-hybridized carbons (Fsp3) is 0.182. The minimum Gasteiger partial charge on any atom is -0.508 e. The molecule has 3 heteroatoms. The molecule has 0 saturated heterocycles. The standard InChI is InChI=1S/C11H12N2O/c1-8-7-12-13(2)11(8)9-4-3-5-10(14)6-9/h3-7,14H,1-2H3. The first-order valence-electron chi connectivity index (χ1n) is 4.46. The largest absolute Gasteiger partial charge is 0.508 e. The second-order valence-electron chi connectivity index (χ2n) is 3.35. The minimum absolute atomic E-state index is 0.281. The fourth-order valence-electron chi connectivity index (χ4n) is 1.62. The van der Waals surface area contributed by atoms with Crippen LogP contribution in [0, 0.1) is 6.92 Å². The number of nitrogens with zero attached hydrogens (tertiary/aromatic N) is 2. The highest BCUT2D eigenvalue weighted by Crippen LogP contribution is 2.25. The molecule has 3 nitrogen and oxygen atoms in total. The van der Waals surface area contributed by atoms with Crippen molar-refractivity contribution in [1.82, 2.24) is 9.78 Å². The molecule has 14 heavy (non-hydrogen) atoms. The second-order valence-corrected chi connectivity index (χ2v) is 3.35. The van der Waals surface area contributed by atoms with Crippen LogP contribution in [0.15, 0.2) is 30.5 Å². The Bertz CT molecular complexity index is 441. The molecular formula is C11H12N2O. The van der Waals surface area contributed by atoms with Gasteiger partial charge in [0.1, 0.15) is 5.75 Å². The Morgan fingerprint density at radius 3 is 2.71 bits per heavy atom. The van der Waals surface area contributed by atoms with Crippen LogP contribution in [0.25, 0.3) is 11.3 Å². The van der Waals surface area contributed by atoms with Crippen LogP contribution in [0.5, 0.6) is 5.75 Å². The van der Waals surface area contributed by atoms with Crippen molar-refractivity contribution >= 4 is 0 Å². The number of phenols is 1. The van der Waals surface area contributed by atoms with Gasteiger partial charge in [0.15, 0.2) is 0 Å². The highest BCUT2D eigenvalue weighted by Gasteiger charge is 2.07. The summed E-state index contributed by atoms with van der Waals surface area (Å²) in [6.07, 6.45) is 1.82. The predicted octanol–water partition coefficient (Wildman–Crippen LogP) is 2.10. The molecule has 0 amide bonds. The van der Waals surface area contributed by atoms with E-state index in [1.165, 1.54) is 0 Å². The van der Waals surface area contributed by atoms with Gasteiger partial charge in [0.05, 0.1) is 11.9 Å². The highest BCUT2D eigenvalue weighted by atomic mass is 16.3. The number of hydrogen-bond acceptors (Lipinski definition) is 2. The molecule has 1 heterocycles. The fourth-order valence-corrected chi connectivity index (χ4v) is 1.62. The van der Waals surface area contributed by atoms with Crippen molar-refractivity contribution < 1.29 is 5.11 Å². The molecule has 0 aliphatic rings. The number of aryl methyl sites for hydroxylation is 2. The topological polar surface area (TPSA) is 38.0 Å². The maximum absolute atomic E-state index is 9.36. The monoisotopic (exact) mass is 188 g/mol. The van der Waals surface area contributed by atoms with Crippen molar-refractivity contribution in [2.45, 2.75) is 6.92 Å². The van der Waals surface area contributed by atoms with Gasteiger partial charge in [0.2, 0.25) is 0 Å². The lowest BCUT2D eigenvalue weighted by Gasteiger charge is -2.04. The van der Waals surface area contributed by atoms with E-state index in [2.05, 4.69) is 5.10 Å². The van der Waals surface area contributed by atoms with Crippen molar-refractivity contribution in [2.75, 3.05) is 0 Å². The van der Waals surface area contributed by atoms with Gasteiger partial charge in [-0.1, -0.05) is 12.1 Å². The van der Waals surface area contributed by atoms with Crippen LogP contribution < -0.4 is 0 Å². The van der Waals surface area contributed by atoms with E-state index in [0.717, 1.165) is 16.8 Å². The number of benzene rings is 1. The molecule has 0 saturated carbocycles. The lowest BCUT2D eigenvalue weighted by atomic mass is 10.1. The Balaban J connectivity index is 2.59. The van der Waals surface area contributed by atoms with E-state index < -0.39 is 0 Å². The molecule has 1 aromatic heterocycles. The van der Waals surface area contributed by atoms with Crippen molar-refractivity contribution in [1.29, 1.82) is 0 Å². The van der Waals surface area contributed by atoms with Crippen LogP contribution in [-0.2, 0) is 7.05 Å². The molecule has 0 atom stereocenters. The van der Waals surface area contributed by atoms with Crippen LogP contribution in [0.2, 0.25) is 0 Å². The van der Waals surface area contributed by atoms with Crippen LogP contribution in [0.3, 0.4) is 0 Å². The second kappa shape index (κ2) is 3.18. The van der Waals surface area contributed by atoms with Gasteiger partial charge in [0, 0.05) is 12.6 Å². The molecular weight excluding hydrogens is 176 g/mol. The van der Waals surface area contributed by atoms with Crippen LogP contribution in [0.4, 0.5) is 0 Å². The first-order valence-corrected chi connectivity index (χ1v) is 4.46. The Labute approximate surface area is 82.6 Å². The average Bonchev–Trinajstić information content (AvgIpc) is 2.46. The van der Waals surface area contributed by atoms with Gasteiger partial charge >= 0.3 is 0 Å². The van der Waals surface area contributed by atoms with Crippen molar-refractivity contribution in [2.24, 2.45) is 7.05 Å². The smallest absolute Gasteiger partial charge is 0.116 e. The molecule has 0 unspecified atom stereocenters. The van der Waals surface area contributed by atoms with E-state index in [1.807, 2.05) is 37.0 Å². The summed E-state index contributed by atoms with van der Waals surface area (Å²) in [7, 11) is 1.90. The first-order chi connectivity index (χ1) is 6.68. The Kier molecular flexibility index (Phi) is 2.00. The SMILES string of the molecule is Cc1cnn(C)c1-c1cccc(O)c1. The van der Waals surface area contributed by atoms with E-state index in [0.29, 0.717) is 0 Å². The number of rotatable bonds is 1. The minimum atomic E-state index is 0.281. The zero-order chi connectivity index (χ0) is 10.1. The van der Waals surface area contributed by atoms with Crippen molar-refractivity contribution in [3.8, 4) is 17.0 Å². The van der Waals surface area contributed by atoms with E-state index >= 15 is 0 Å². The van der Waals surface area contributed by atoms with Gasteiger partial charge in [-0.3, -0.25) is 4.68 Å². The lowest BCUT2D eigenvalue weighted by Crippen LogP contribution is -1.93. The third-order valence-electron chi connectivity index (χ3n) is 2.24. The summed E-state index contributed by atoms with van der Waals surface area (Å²) in [5.41, 5.74) is 3.14. The molecule has 0 radical (unpaired) electrons. The van der Waals surface area contributed by atoms with E-state index in [1.54, 1.807) is 12.1 Å². The number of aromatic nitrogens is 2. The Morgan fingerprint density at radius 1 is 1.36 bits per heavy atom. The molecule has 0 bridgehead atoms. The molecule has 0 aliphatic carbocycles. The highest BCUT2D eigenvalue weighted by molar-refractivity contribution is 5.64. The maximum Gasteiger partial charge on any atom is 0.116 e. The van der Waals surface area contributed by atoms with Gasteiger partial charge in [-0.25, -0.2) is 0 Å². The van der Waals surface area contributed by atoms with Gasteiger partial charge in [0.25, 0.3) is 0 Å². The van der Waals surface area contributed by atoms with E-state index in [4.69, 9.17) is 0 Å². The summed E-state index contributed by atoms with van der Waals surface area (Å²) in [5.74, 6) is 0.281. The summed E-state index contributed by atoms with van der Waals surface area (Å²) < 4.78 is 1.81. The number of hydrogen-bond donors (Lipinski definition) is 1. The molecule has 0 aliphatic heterocycles. The van der Waals surface area contributed by atoms with Gasteiger partial charge in [-0.2, -0.15) is 5.10 Å². The number of aromatic hydroxyl groups is 1. The summed E-state index contributed by atoms with van der Waals surface area (Å²) in [5, 5.41) is 13.5. The lowest BCUT2D eigenvalue weighted by molar-refractivity contribution is 0.475. The maximum atomic E-state index is 9.36. The molecule has 0 fully saturated rings. The Hall–Kier alpha value is -1.77. The first kappa shape index (κ1) is 8.81. The summed E-state index contributed by atoms with van der Waals surface area (Å²) in [4.78, 5) is 0. The van der Waals surface area contributed by atoms with Gasteiger partial charge < -0.3 is 5.11 Å². The molecule has 1 aromatic carbocycles. The molecule has 72 valence electrons. The summed E-state index contributed by atoms with van der Waals surface area (Å²) in [6, 6.07) is 7.19. The third kappa shape index (κ3) is 1.37. The van der Waals surface area contributed by atoms with Gasteiger partial charge in [-0.15, -0.1) is 0 Å². The van der Waals surface area contributed by atoms with Crippen molar-refractivity contribution in [3.05, 3.63) is 36.0 Å². The van der Waals surface area contributed by atoms with E-state index in [9.17, 15) is 5.11 Å². The molecule has 1 N–H and O–H groups in total. The zero-order valence-corrected chi connectivity index (χ0v) is 8.23. The van der Waals surface area contributed by atoms with Crippen LogP contribution >= 0.6 is 0 Å². The normalized spacial score (nSPS) is 10.4. The Morgan fingerprint density at radius 2 is 2.14 bits per heavy atom. The van der Waals surface area contributed by atoms with Crippen LogP contribution in [0.1, 0.15) is 5.56 Å². The quantitative estimate of drug-likeness (QED) is 0.744. The third-order valence-corrected chi connectivity index (χ3v) is 2.24. The van der Waals surface area contributed by atoms with Crippen LogP contribution in [-0.4, -0.2) is 14.9 Å². The number of phenolic OH excluding ortho intramolecular Hbond substituents is 1. The predicted molar refractivity (Wildman–Crippen MR) is 55.0 cm³/mol. The van der Waals surface area contributed by atoms with E-state index in [-0.39, 0.29) is 5.75 Å². The summed E-state index contributed by atoms with van der Waals surface area (Å²) >= 11 is 0. The molecule has 2 aromatic rings. The van der Waals surface area contributed by atoms with Gasteiger partial charge in [-0.05, 0) is 24.6 Å². The molecule has 2 rings (SSSR count). The summed E-state index contributed by atoms with van der Waals surface area (Å²) in [6.45, 7) is 2.01. The zero-order valence-electron chi connectivity index (χ0n) is 8.23. The average molecular weight is 188 g/mol. The molecule has 0 spiro atoms. The van der Waals surface area contributed by atoms with Crippen molar-refractivity contribution in [3.63, 3.8) is 0 Å².